The molecule has 2 aliphatic rings. The number of anilines is 1. The Balaban J connectivity index is 1.71. The molecule has 30 heavy (non-hydrogen) atoms. The third-order valence-corrected chi connectivity index (χ3v) is 5.37. The molecule has 2 fully saturated rings. The number of rotatable bonds is 3. The van der Waals surface area contributed by atoms with E-state index >= 15 is 0 Å². The summed E-state index contributed by atoms with van der Waals surface area (Å²) >= 11 is 0. The predicted molar refractivity (Wildman–Crippen MR) is 97.5 cm³/mol. The van der Waals surface area contributed by atoms with Crippen LogP contribution in [0.4, 0.5) is 27.8 Å². The monoisotopic (exact) mass is 430 g/mol. The molecule has 0 saturated carbocycles. The van der Waals surface area contributed by atoms with Crippen molar-refractivity contribution >= 4 is 5.82 Å². The first-order valence-electron chi connectivity index (χ1n) is 9.41. The Morgan fingerprint density at radius 2 is 2.00 bits per heavy atom. The Bertz CT molecular complexity index is 922. The van der Waals surface area contributed by atoms with Gasteiger partial charge < -0.3 is 20.1 Å². The molecule has 0 unspecified atom stereocenters. The van der Waals surface area contributed by atoms with Gasteiger partial charge in [-0.25, -0.2) is 8.78 Å². The number of hydrogen-bond donors (Lipinski definition) is 2. The molecule has 2 N–H and O–H groups in total. The highest BCUT2D eigenvalue weighted by Crippen LogP contribution is 2.39. The first kappa shape index (κ1) is 20.7. The highest BCUT2D eigenvalue weighted by Gasteiger charge is 2.36. The number of nitrogens with zero attached hydrogens (tertiary/aromatic N) is 3. The normalized spacial score (nSPS) is 22.3. The van der Waals surface area contributed by atoms with E-state index in [-0.39, 0.29) is 29.2 Å². The van der Waals surface area contributed by atoms with Crippen molar-refractivity contribution in [2.45, 2.75) is 31.2 Å². The van der Waals surface area contributed by atoms with Crippen molar-refractivity contribution < 1.29 is 31.8 Å². The topological polar surface area (TPSA) is 70.5 Å². The molecule has 0 aliphatic carbocycles. The fourth-order valence-electron chi connectivity index (χ4n) is 3.90. The molecule has 1 aromatic heterocycles. The van der Waals surface area contributed by atoms with Crippen LogP contribution in [0.25, 0.3) is 11.3 Å². The minimum atomic E-state index is -4.67. The van der Waals surface area contributed by atoms with Gasteiger partial charge in [0.15, 0.2) is 5.82 Å². The smallest absolute Gasteiger partial charge is 0.416 e. The van der Waals surface area contributed by atoms with E-state index in [0.29, 0.717) is 31.8 Å². The summed E-state index contributed by atoms with van der Waals surface area (Å²) in [5.41, 5.74) is -2.19. The van der Waals surface area contributed by atoms with E-state index in [1.54, 1.807) is 0 Å². The van der Waals surface area contributed by atoms with Crippen molar-refractivity contribution in [2.24, 2.45) is 0 Å². The molecule has 3 heterocycles. The molecule has 2 aromatic rings. The van der Waals surface area contributed by atoms with E-state index in [2.05, 4.69) is 15.5 Å². The van der Waals surface area contributed by atoms with Crippen LogP contribution < -0.4 is 10.2 Å². The average molecular weight is 430 g/mol. The summed E-state index contributed by atoms with van der Waals surface area (Å²) in [4.78, 5) is 1.86. The SMILES string of the molecule is Oc1cc(C(F)(F)F)ccc1-c1nnc(N2CCO[C@H]3CCNC[C@H]32)cc1C(F)F. The van der Waals surface area contributed by atoms with Gasteiger partial charge in [0.25, 0.3) is 6.43 Å². The van der Waals surface area contributed by atoms with Gasteiger partial charge in [0.1, 0.15) is 11.4 Å². The van der Waals surface area contributed by atoms with Gasteiger partial charge in [0.2, 0.25) is 0 Å². The number of alkyl halides is 5. The zero-order valence-corrected chi connectivity index (χ0v) is 15.7. The molecule has 162 valence electrons. The highest BCUT2D eigenvalue weighted by atomic mass is 19.4. The van der Waals surface area contributed by atoms with E-state index in [9.17, 15) is 27.1 Å². The van der Waals surface area contributed by atoms with Gasteiger partial charge in [-0.1, -0.05) is 0 Å². The fourth-order valence-corrected chi connectivity index (χ4v) is 3.90. The number of fused-ring (bicyclic) bond motifs is 1. The summed E-state index contributed by atoms with van der Waals surface area (Å²) in [6.45, 7) is 2.28. The number of morpholine rings is 1. The minimum Gasteiger partial charge on any atom is -0.507 e. The zero-order chi connectivity index (χ0) is 21.5. The standard InChI is InChI=1S/C19H19F5N4O2/c20-18(21)12-8-16(28-5-6-30-15-3-4-25-9-13(15)28)26-27-17(12)11-2-1-10(7-14(11)29)19(22,23)24/h1-2,7-8,13,15,18,25,29H,3-6,9H2/t13-,15+/m1/s1. The number of aromatic hydroxyl groups is 1. The molecule has 0 spiro atoms. The van der Waals surface area contributed by atoms with Crippen molar-refractivity contribution in [1.82, 2.24) is 15.5 Å². The molecule has 2 saturated heterocycles. The number of aromatic nitrogens is 2. The maximum atomic E-state index is 13.8. The number of ether oxygens (including phenoxy) is 1. The molecule has 0 amide bonds. The summed E-state index contributed by atoms with van der Waals surface area (Å²) < 4.78 is 71.8. The second kappa shape index (κ2) is 7.95. The highest BCUT2D eigenvalue weighted by molar-refractivity contribution is 5.71. The van der Waals surface area contributed by atoms with Crippen LogP contribution >= 0.6 is 0 Å². The maximum Gasteiger partial charge on any atom is 0.416 e. The average Bonchev–Trinajstić information content (AvgIpc) is 2.72. The van der Waals surface area contributed by atoms with Crippen molar-refractivity contribution in [3.05, 3.63) is 35.4 Å². The van der Waals surface area contributed by atoms with Crippen molar-refractivity contribution in [3.8, 4) is 17.0 Å². The summed E-state index contributed by atoms with van der Waals surface area (Å²) in [5.74, 6) is -0.556. The molecular weight excluding hydrogens is 411 g/mol. The molecule has 1 aromatic carbocycles. The van der Waals surface area contributed by atoms with Crippen LogP contribution in [0.5, 0.6) is 5.75 Å². The number of phenols is 1. The van der Waals surface area contributed by atoms with Crippen LogP contribution in [0, 0.1) is 0 Å². The van der Waals surface area contributed by atoms with Gasteiger partial charge in [-0.2, -0.15) is 13.2 Å². The maximum absolute atomic E-state index is 13.8. The quantitative estimate of drug-likeness (QED) is 0.728. The summed E-state index contributed by atoms with van der Waals surface area (Å²) in [5, 5.41) is 21.2. The van der Waals surface area contributed by atoms with E-state index in [1.807, 2.05) is 4.90 Å². The molecule has 2 aliphatic heterocycles. The van der Waals surface area contributed by atoms with Crippen LogP contribution in [0.3, 0.4) is 0 Å². The van der Waals surface area contributed by atoms with Crippen LogP contribution in [-0.2, 0) is 10.9 Å². The molecule has 2 atom stereocenters. The summed E-state index contributed by atoms with van der Waals surface area (Å²) in [6.07, 6.45) is -6.89. The first-order valence-corrected chi connectivity index (χ1v) is 9.41. The van der Waals surface area contributed by atoms with Gasteiger partial charge in [-0.3, -0.25) is 0 Å². The summed E-state index contributed by atoms with van der Waals surface area (Å²) in [7, 11) is 0. The Morgan fingerprint density at radius 3 is 2.70 bits per heavy atom. The largest absolute Gasteiger partial charge is 0.507 e. The number of phenolic OH excluding ortho intramolecular Hbond substituents is 1. The number of benzene rings is 1. The molecule has 4 rings (SSSR count). The van der Waals surface area contributed by atoms with Crippen LogP contribution in [-0.4, -0.2) is 53.7 Å². The molecular formula is C19H19F5N4O2. The van der Waals surface area contributed by atoms with E-state index in [4.69, 9.17) is 4.74 Å². The Kier molecular flexibility index (Phi) is 5.49. The lowest BCUT2D eigenvalue weighted by Crippen LogP contribution is -2.59. The van der Waals surface area contributed by atoms with Gasteiger partial charge in [0, 0.05) is 24.2 Å². The van der Waals surface area contributed by atoms with Gasteiger partial charge in [-0.15, -0.1) is 10.2 Å². The minimum absolute atomic E-state index is 0.0459. The zero-order valence-electron chi connectivity index (χ0n) is 15.7. The van der Waals surface area contributed by atoms with Crippen LogP contribution in [0.1, 0.15) is 24.0 Å². The Labute approximate surface area is 168 Å². The van der Waals surface area contributed by atoms with E-state index < -0.39 is 29.5 Å². The molecule has 6 nitrogen and oxygen atoms in total. The van der Waals surface area contributed by atoms with Crippen molar-refractivity contribution in [1.29, 1.82) is 0 Å². The number of piperidine rings is 1. The van der Waals surface area contributed by atoms with Gasteiger partial charge in [-0.05, 0) is 37.2 Å². The summed E-state index contributed by atoms with van der Waals surface area (Å²) in [6, 6.07) is 3.21. The lowest BCUT2D eigenvalue weighted by molar-refractivity contribution is -0.137. The fraction of sp³-hybridized carbons (Fsp3) is 0.474. The molecule has 11 heteroatoms. The lowest BCUT2D eigenvalue weighted by Gasteiger charge is -2.44. The molecule has 0 bridgehead atoms. The second-order valence-electron chi connectivity index (χ2n) is 7.20. The Hall–Kier alpha value is -2.53. The van der Waals surface area contributed by atoms with Crippen molar-refractivity contribution in [3.63, 3.8) is 0 Å². The molecule has 0 radical (unpaired) electrons. The van der Waals surface area contributed by atoms with Crippen molar-refractivity contribution in [2.75, 3.05) is 31.1 Å². The number of hydrogen-bond acceptors (Lipinski definition) is 6. The Morgan fingerprint density at radius 1 is 1.20 bits per heavy atom. The van der Waals surface area contributed by atoms with Gasteiger partial charge >= 0.3 is 6.18 Å². The lowest BCUT2D eigenvalue weighted by atomic mass is 9.99. The second-order valence-corrected chi connectivity index (χ2v) is 7.20. The van der Waals surface area contributed by atoms with Gasteiger partial charge in [0.05, 0.1) is 24.3 Å². The third kappa shape index (κ3) is 3.91. The van der Waals surface area contributed by atoms with Crippen LogP contribution in [0.15, 0.2) is 24.3 Å². The first-order chi connectivity index (χ1) is 14.3. The van der Waals surface area contributed by atoms with Crippen LogP contribution in [0.2, 0.25) is 0 Å². The number of nitrogens with one attached hydrogen (secondary N) is 1. The number of halogens is 5. The third-order valence-electron chi connectivity index (χ3n) is 5.37. The van der Waals surface area contributed by atoms with E-state index in [0.717, 1.165) is 19.0 Å². The predicted octanol–water partition coefficient (Wildman–Crippen LogP) is 3.37. The van der Waals surface area contributed by atoms with E-state index in [1.165, 1.54) is 6.07 Å².